The molecule has 2 atom stereocenters. The molecule has 6 heteroatoms. The number of rotatable bonds is 4. The first kappa shape index (κ1) is 17.0. The smallest absolute Gasteiger partial charge is 0.271 e. The summed E-state index contributed by atoms with van der Waals surface area (Å²) in [6, 6.07) is 22.0. The van der Waals surface area contributed by atoms with E-state index in [1.807, 2.05) is 60.7 Å². The maximum atomic E-state index is 13.0. The van der Waals surface area contributed by atoms with Gasteiger partial charge in [0.15, 0.2) is 11.5 Å². The van der Waals surface area contributed by atoms with Gasteiger partial charge in [-0.25, -0.2) is 0 Å². The second kappa shape index (κ2) is 6.77. The minimum atomic E-state index is -0.637. The molecular weight excluding hydrogens is 378 g/mol. The molecule has 3 aromatic rings. The van der Waals surface area contributed by atoms with Crippen molar-refractivity contribution in [3.63, 3.8) is 0 Å². The number of anilines is 1. The predicted molar refractivity (Wildman–Crippen MR) is 105 cm³/mol. The Kier molecular flexibility index (Phi) is 4.10. The van der Waals surface area contributed by atoms with Crippen LogP contribution in [0.2, 0.25) is 5.02 Å². The minimum Gasteiger partial charge on any atom is -0.478 e. The van der Waals surface area contributed by atoms with Crippen LogP contribution in [0, 0.1) is 0 Å². The van der Waals surface area contributed by atoms with E-state index in [-0.39, 0.29) is 18.7 Å². The largest absolute Gasteiger partial charge is 0.478 e. The van der Waals surface area contributed by atoms with Crippen molar-refractivity contribution in [2.75, 3.05) is 11.7 Å². The lowest BCUT2D eigenvalue weighted by molar-refractivity contribution is -0.135. The van der Waals surface area contributed by atoms with Gasteiger partial charge in [0.1, 0.15) is 11.8 Å². The average Bonchev–Trinajstić information content (AvgIpc) is 3.18. The third-order valence-electron chi connectivity index (χ3n) is 4.88. The van der Waals surface area contributed by atoms with Crippen LogP contribution in [-0.2, 0) is 4.79 Å². The van der Waals surface area contributed by atoms with Crippen molar-refractivity contribution < 1.29 is 19.0 Å². The molecule has 0 aliphatic carbocycles. The van der Waals surface area contributed by atoms with Gasteiger partial charge in [0.2, 0.25) is 12.9 Å². The molecule has 2 heterocycles. The highest BCUT2D eigenvalue weighted by atomic mass is 35.5. The molecule has 2 aliphatic rings. The van der Waals surface area contributed by atoms with E-state index in [1.165, 1.54) is 0 Å². The van der Waals surface area contributed by atoms with E-state index >= 15 is 0 Å². The van der Waals surface area contributed by atoms with Crippen molar-refractivity contribution in [2.24, 2.45) is 0 Å². The van der Waals surface area contributed by atoms with Gasteiger partial charge in [-0.2, -0.15) is 0 Å². The lowest BCUT2D eigenvalue weighted by Crippen LogP contribution is -2.61. The lowest BCUT2D eigenvalue weighted by atomic mass is 9.89. The number of para-hydroxylation sites is 1. The molecule has 28 heavy (non-hydrogen) atoms. The fourth-order valence-corrected chi connectivity index (χ4v) is 3.74. The van der Waals surface area contributed by atoms with Gasteiger partial charge in [-0.3, -0.25) is 9.69 Å². The summed E-state index contributed by atoms with van der Waals surface area (Å²) in [4.78, 5) is 14.7. The Balaban J connectivity index is 1.53. The maximum absolute atomic E-state index is 13.0. The molecule has 0 N–H and O–H groups in total. The molecule has 1 saturated heterocycles. The molecule has 0 spiro atoms. The zero-order chi connectivity index (χ0) is 19.1. The first-order valence-electron chi connectivity index (χ1n) is 8.90. The molecule has 0 aromatic heterocycles. The number of β-lactam (4-membered cyclic amide) rings is 1. The van der Waals surface area contributed by atoms with Crippen LogP contribution < -0.4 is 19.1 Å². The Hall–Kier alpha value is -3.18. The van der Waals surface area contributed by atoms with E-state index in [4.69, 9.17) is 25.8 Å². The standard InChI is InChI=1S/C22H16ClNO4/c23-15-5-4-6-16(12-15)24-20(14-9-10-18-19(11-14)27-13-26-18)21(22(24)25)28-17-7-2-1-3-8-17/h1-12,20-21H,13H2. The molecule has 2 aliphatic heterocycles. The third kappa shape index (κ3) is 2.84. The summed E-state index contributed by atoms with van der Waals surface area (Å²) in [6.07, 6.45) is -0.637. The molecule has 0 bridgehead atoms. The monoisotopic (exact) mass is 393 g/mol. The number of carbonyl (C=O) groups is 1. The number of amides is 1. The second-order valence-electron chi connectivity index (χ2n) is 6.60. The van der Waals surface area contributed by atoms with Crippen molar-refractivity contribution in [2.45, 2.75) is 12.1 Å². The van der Waals surface area contributed by atoms with Gasteiger partial charge in [-0.05, 0) is 48.0 Å². The number of halogens is 1. The van der Waals surface area contributed by atoms with Crippen LogP contribution >= 0.6 is 11.6 Å². The Morgan fingerprint density at radius 2 is 1.75 bits per heavy atom. The van der Waals surface area contributed by atoms with Gasteiger partial charge >= 0.3 is 0 Å². The molecule has 5 rings (SSSR count). The van der Waals surface area contributed by atoms with Crippen molar-refractivity contribution in [3.05, 3.63) is 83.4 Å². The van der Waals surface area contributed by atoms with Gasteiger partial charge in [-0.1, -0.05) is 41.9 Å². The average molecular weight is 394 g/mol. The summed E-state index contributed by atoms with van der Waals surface area (Å²) in [6.45, 7) is 0.199. The Bertz CT molecular complexity index is 1040. The Labute approximate surface area is 167 Å². The molecular formula is C22H16ClNO4. The predicted octanol–water partition coefficient (Wildman–Crippen LogP) is 4.60. The van der Waals surface area contributed by atoms with Crippen LogP contribution in [0.15, 0.2) is 72.8 Å². The SMILES string of the molecule is O=C1C(Oc2ccccc2)C(c2ccc3c(c2)OCO3)N1c1cccc(Cl)c1. The molecule has 1 amide bonds. The Morgan fingerprint density at radius 1 is 0.929 bits per heavy atom. The molecule has 2 unspecified atom stereocenters. The highest BCUT2D eigenvalue weighted by Crippen LogP contribution is 2.44. The minimum absolute atomic E-state index is 0.117. The number of hydrogen-bond acceptors (Lipinski definition) is 4. The van der Waals surface area contributed by atoms with Crippen molar-refractivity contribution in [1.29, 1.82) is 0 Å². The summed E-state index contributed by atoms with van der Waals surface area (Å²) in [5.41, 5.74) is 1.64. The van der Waals surface area contributed by atoms with E-state index < -0.39 is 6.10 Å². The molecule has 3 aromatic carbocycles. The summed E-state index contributed by atoms with van der Waals surface area (Å²) < 4.78 is 16.9. The van der Waals surface area contributed by atoms with Crippen LogP contribution in [0.5, 0.6) is 17.2 Å². The summed E-state index contributed by atoms with van der Waals surface area (Å²) in [5.74, 6) is 1.90. The van der Waals surface area contributed by atoms with Gasteiger partial charge < -0.3 is 14.2 Å². The number of nitrogens with zero attached hydrogens (tertiary/aromatic N) is 1. The van der Waals surface area contributed by atoms with Crippen molar-refractivity contribution in [1.82, 2.24) is 0 Å². The van der Waals surface area contributed by atoms with E-state index in [9.17, 15) is 4.79 Å². The summed E-state index contributed by atoms with van der Waals surface area (Å²) in [5, 5.41) is 0.571. The third-order valence-corrected chi connectivity index (χ3v) is 5.11. The van der Waals surface area contributed by atoms with Crippen LogP contribution in [-0.4, -0.2) is 18.8 Å². The number of hydrogen-bond donors (Lipinski definition) is 0. The van der Waals surface area contributed by atoms with Gasteiger partial charge in [0, 0.05) is 10.7 Å². The van der Waals surface area contributed by atoms with Gasteiger partial charge in [0.05, 0.1) is 0 Å². The molecule has 0 saturated carbocycles. The molecule has 140 valence electrons. The first-order valence-corrected chi connectivity index (χ1v) is 9.28. The second-order valence-corrected chi connectivity index (χ2v) is 7.03. The van der Waals surface area contributed by atoms with Crippen LogP contribution in [0.25, 0.3) is 0 Å². The molecule has 1 fully saturated rings. The van der Waals surface area contributed by atoms with E-state index in [0.717, 1.165) is 11.3 Å². The quantitative estimate of drug-likeness (QED) is 0.607. The maximum Gasteiger partial charge on any atom is 0.271 e. The number of fused-ring (bicyclic) bond motifs is 1. The molecule has 5 nitrogen and oxygen atoms in total. The van der Waals surface area contributed by atoms with Crippen LogP contribution in [0.3, 0.4) is 0 Å². The highest BCUT2D eigenvalue weighted by molar-refractivity contribution is 6.31. The number of carbonyl (C=O) groups excluding carboxylic acids is 1. The fourth-order valence-electron chi connectivity index (χ4n) is 3.56. The van der Waals surface area contributed by atoms with E-state index in [2.05, 4.69) is 0 Å². The summed E-state index contributed by atoms with van der Waals surface area (Å²) in [7, 11) is 0. The van der Waals surface area contributed by atoms with Gasteiger partial charge in [0.25, 0.3) is 5.91 Å². The Morgan fingerprint density at radius 3 is 2.57 bits per heavy atom. The van der Waals surface area contributed by atoms with Crippen LogP contribution in [0.4, 0.5) is 5.69 Å². The number of ether oxygens (including phenoxy) is 3. The topological polar surface area (TPSA) is 48.0 Å². The van der Waals surface area contributed by atoms with E-state index in [0.29, 0.717) is 22.3 Å². The fraction of sp³-hybridized carbons (Fsp3) is 0.136. The zero-order valence-corrected chi connectivity index (χ0v) is 15.5. The zero-order valence-electron chi connectivity index (χ0n) is 14.7. The van der Waals surface area contributed by atoms with Gasteiger partial charge in [-0.15, -0.1) is 0 Å². The highest BCUT2D eigenvalue weighted by Gasteiger charge is 2.51. The van der Waals surface area contributed by atoms with Crippen LogP contribution in [0.1, 0.15) is 11.6 Å². The van der Waals surface area contributed by atoms with E-state index in [1.54, 1.807) is 17.0 Å². The first-order chi connectivity index (χ1) is 13.7. The lowest BCUT2D eigenvalue weighted by Gasteiger charge is -2.46. The van der Waals surface area contributed by atoms with Crippen molar-refractivity contribution >= 4 is 23.2 Å². The summed E-state index contributed by atoms with van der Waals surface area (Å²) >= 11 is 6.15. The normalized spacial score (nSPS) is 20.0. The van der Waals surface area contributed by atoms with Crippen molar-refractivity contribution in [3.8, 4) is 17.2 Å². The number of benzene rings is 3. The molecule has 0 radical (unpaired) electrons.